The van der Waals surface area contributed by atoms with Crippen molar-refractivity contribution in [1.82, 2.24) is 5.32 Å². The van der Waals surface area contributed by atoms with E-state index < -0.39 is 6.10 Å². The Kier molecular flexibility index (Phi) is 9.44. The van der Waals surface area contributed by atoms with Crippen LogP contribution in [-0.2, 0) is 29.2 Å². The molecule has 3 rings (SSSR count). The predicted molar refractivity (Wildman–Crippen MR) is 129 cm³/mol. The van der Waals surface area contributed by atoms with Crippen molar-refractivity contribution in [2.75, 3.05) is 13.2 Å². The molecule has 4 heteroatoms. The fraction of sp³-hybridized carbons (Fsp3) is 0.357. The first-order valence-corrected chi connectivity index (χ1v) is 11.2. The van der Waals surface area contributed by atoms with Crippen LogP contribution in [-0.4, -0.2) is 30.5 Å². The van der Waals surface area contributed by atoms with Gasteiger partial charge in [-0.1, -0.05) is 78.4 Å². The van der Waals surface area contributed by atoms with Crippen molar-refractivity contribution in [2.24, 2.45) is 0 Å². The lowest BCUT2D eigenvalue weighted by atomic mass is 9.99. The largest absolute Gasteiger partial charge is 0.389 e. The molecule has 170 valence electrons. The molecule has 0 aliphatic rings. The second-order valence-electron chi connectivity index (χ2n) is 8.43. The van der Waals surface area contributed by atoms with Crippen LogP contribution in [0.15, 0.2) is 72.8 Å². The average Bonchev–Trinajstić information content (AvgIpc) is 2.78. The van der Waals surface area contributed by atoms with E-state index in [0.717, 1.165) is 11.1 Å². The summed E-state index contributed by atoms with van der Waals surface area (Å²) in [4.78, 5) is 0. The number of aryl methyl sites for hydroxylation is 3. The maximum absolute atomic E-state index is 10.9. The summed E-state index contributed by atoms with van der Waals surface area (Å²) in [5.74, 6) is 0. The van der Waals surface area contributed by atoms with Gasteiger partial charge in [0, 0.05) is 6.54 Å². The zero-order valence-corrected chi connectivity index (χ0v) is 19.4. The number of hydrogen-bond acceptors (Lipinski definition) is 4. The maximum Gasteiger partial charge on any atom is 0.0948 e. The Morgan fingerprint density at radius 2 is 1.25 bits per heavy atom. The molecule has 0 heterocycles. The van der Waals surface area contributed by atoms with Crippen molar-refractivity contribution in [3.8, 4) is 0 Å². The molecule has 0 saturated carbocycles. The van der Waals surface area contributed by atoms with Gasteiger partial charge >= 0.3 is 0 Å². The molecule has 2 N–H and O–H groups in total. The smallest absolute Gasteiger partial charge is 0.0948 e. The Labute approximate surface area is 192 Å². The van der Waals surface area contributed by atoms with E-state index >= 15 is 0 Å². The first-order valence-electron chi connectivity index (χ1n) is 11.2. The van der Waals surface area contributed by atoms with E-state index in [1.54, 1.807) is 0 Å². The minimum Gasteiger partial charge on any atom is -0.389 e. The highest BCUT2D eigenvalue weighted by molar-refractivity contribution is 5.37. The van der Waals surface area contributed by atoms with Crippen LogP contribution in [0.1, 0.15) is 33.4 Å². The minimum absolute atomic E-state index is 0.241. The highest BCUT2D eigenvalue weighted by atomic mass is 16.5. The van der Waals surface area contributed by atoms with Gasteiger partial charge in [0.05, 0.1) is 38.6 Å². The van der Waals surface area contributed by atoms with Crippen LogP contribution in [0.2, 0.25) is 0 Å². The van der Waals surface area contributed by atoms with Crippen molar-refractivity contribution in [3.63, 3.8) is 0 Å². The monoisotopic (exact) mass is 433 g/mol. The van der Waals surface area contributed by atoms with Crippen LogP contribution in [0.25, 0.3) is 0 Å². The Bertz CT molecular complexity index is 920. The van der Waals surface area contributed by atoms with Gasteiger partial charge in [-0.15, -0.1) is 0 Å². The predicted octanol–water partition coefficient (Wildman–Crippen LogP) is 4.86. The van der Waals surface area contributed by atoms with Gasteiger partial charge in [0.25, 0.3) is 0 Å². The van der Waals surface area contributed by atoms with Gasteiger partial charge in [-0.25, -0.2) is 0 Å². The minimum atomic E-state index is -0.680. The Morgan fingerprint density at radius 3 is 1.78 bits per heavy atom. The lowest BCUT2D eigenvalue weighted by molar-refractivity contribution is -0.0168. The fourth-order valence-electron chi connectivity index (χ4n) is 3.89. The molecule has 0 saturated heterocycles. The van der Waals surface area contributed by atoms with E-state index in [1.165, 1.54) is 22.3 Å². The molecular weight excluding hydrogens is 398 g/mol. The maximum atomic E-state index is 10.9. The van der Waals surface area contributed by atoms with Crippen LogP contribution in [0.5, 0.6) is 0 Å². The Balaban J connectivity index is 1.58. The third-order valence-corrected chi connectivity index (χ3v) is 5.65. The zero-order chi connectivity index (χ0) is 22.8. The van der Waals surface area contributed by atoms with E-state index in [-0.39, 0.29) is 12.6 Å². The molecule has 0 aliphatic carbocycles. The molecule has 0 amide bonds. The van der Waals surface area contributed by atoms with E-state index in [9.17, 15) is 5.11 Å². The van der Waals surface area contributed by atoms with Gasteiger partial charge in [0.2, 0.25) is 0 Å². The van der Waals surface area contributed by atoms with Crippen LogP contribution in [0.3, 0.4) is 0 Å². The molecule has 32 heavy (non-hydrogen) atoms. The highest BCUT2D eigenvalue weighted by Gasteiger charge is 2.20. The van der Waals surface area contributed by atoms with Gasteiger partial charge in [-0.3, -0.25) is 0 Å². The molecule has 4 nitrogen and oxygen atoms in total. The number of benzene rings is 3. The summed E-state index contributed by atoms with van der Waals surface area (Å²) in [6.07, 6.45) is -0.680. The summed E-state index contributed by atoms with van der Waals surface area (Å²) in [7, 11) is 0. The summed E-state index contributed by atoms with van der Waals surface area (Å²) < 4.78 is 11.8. The molecule has 0 bridgehead atoms. The second kappa shape index (κ2) is 12.5. The SMILES string of the molecule is Cc1cc(C)c(CN[C@H](COCc2ccccc2)[C@@H](O)COCc2ccccc2)c(C)c1. The molecular formula is C28H35NO3. The van der Waals surface area contributed by atoms with Gasteiger partial charge in [-0.2, -0.15) is 0 Å². The fourth-order valence-corrected chi connectivity index (χ4v) is 3.89. The van der Waals surface area contributed by atoms with E-state index in [4.69, 9.17) is 9.47 Å². The molecule has 3 aromatic carbocycles. The highest BCUT2D eigenvalue weighted by Crippen LogP contribution is 2.17. The molecule has 0 fully saturated rings. The molecule has 0 unspecified atom stereocenters. The lowest BCUT2D eigenvalue weighted by Gasteiger charge is -2.25. The van der Waals surface area contributed by atoms with E-state index in [0.29, 0.717) is 26.4 Å². The van der Waals surface area contributed by atoms with Crippen molar-refractivity contribution in [3.05, 3.63) is 106 Å². The molecule has 2 atom stereocenters. The van der Waals surface area contributed by atoms with Gasteiger partial charge < -0.3 is 19.9 Å². The molecule has 0 radical (unpaired) electrons. The number of nitrogens with one attached hydrogen (secondary N) is 1. The number of hydrogen-bond donors (Lipinski definition) is 2. The van der Waals surface area contributed by atoms with E-state index in [1.807, 2.05) is 60.7 Å². The molecule has 3 aromatic rings. The normalized spacial score (nSPS) is 13.1. The number of aliphatic hydroxyl groups is 1. The standard InChI is InChI=1S/C28H35NO3/c1-21-14-22(2)26(23(3)15-21)16-29-27(19-31-17-24-10-6-4-7-11-24)28(30)20-32-18-25-12-8-5-9-13-25/h4-15,27-30H,16-20H2,1-3H3/t27-,28+/m1/s1. The van der Waals surface area contributed by atoms with Gasteiger partial charge in [-0.05, 0) is 48.6 Å². The Morgan fingerprint density at radius 1 is 0.750 bits per heavy atom. The third kappa shape index (κ3) is 7.57. The average molecular weight is 434 g/mol. The van der Waals surface area contributed by atoms with Crippen LogP contribution < -0.4 is 5.32 Å². The zero-order valence-electron chi connectivity index (χ0n) is 19.4. The van der Waals surface area contributed by atoms with Crippen molar-refractivity contribution >= 4 is 0 Å². The molecule has 0 aliphatic heterocycles. The quantitative estimate of drug-likeness (QED) is 0.428. The van der Waals surface area contributed by atoms with Crippen LogP contribution in [0, 0.1) is 20.8 Å². The summed E-state index contributed by atoms with van der Waals surface area (Å²) in [5.41, 5.74) is 7.26. The summed E-state index contributed by atoms with van der Waals surface area (Å²) in [6, 6.07) is 24.2. The summed E-state index contributed by atoms with van der Waals surface area (Å²) in [5, 5.41) is 14.4. The second-order valence-corrected chi connectivity index (χ2v) is 8.43. The van der Waals surface area contributed by atoms with Gasteiger partial charge in [0.1, 0.15) is 0 Å². The Hall–Kier alpha value is -2.50. The summed E-state index contributed by atoms with van der Waals surface area (Å²) in [6.45, 7) is 8.69. The molecule has 0 spiro atoms. The van der Waals surface area contributed by atoms with Crippen molar-refractivity contribution in [2.45, 2.75) is 52.7 Å². The third-order valence-electron chi connectivity index (χ3n) is 5.65. The first kappa shape index (κ1) is 24.1. The lowest BCUT2D eigenvalue weighted by Crippen LogP contribution is -2.45. The van der Waals surface area contributed by atoms with Crippen molar-refractivity contribution in [1.29, 1.82) is 0 Å². The van der Waals surface area contributed by atoms with Crippen LogP contribution >= 0.6 is 0 Å². The van der Waals surface area contributed by atoms with E-state index in [2.05, 4.69) is 38.2 Å². The van der Waals surface area contributed by atoms with Crippen molar-refractivity contribution < 1.29 is 14.6 Å². The summed E-state index contributed by atoms with van der Waals surface area (Å²) >= 11 is 0. The number of aliphatic hydroxyl groups excluding tert-OH is 1. The van der Waals surface area contributed by atoms with Gasteiger partial charge in [0.15, 0.2) is 0 Å². The molecule has 0 aromatic heterocycles. The number of ether oxygens (including phenoxy) is 2. The first-order chi connectivity index (χ1) is 15.5. The topological polar surface area (TPSA) is 50.7 Å². The van der Waals surface area contributed by atoms with Crippen LogP contribution in [0.4, 0.5) is 0 Å². The number of rotatable bonds is 12.